The van der Waals surface area contributed by atoms with Gasteiger partial charge in [-0.2, -0.15) is 0 Å². The Morgan fingerprint density at radius 2 is 1.49 bits per heavy atom. The molecule has 2 amide bonds. The number of halogens is 4. The Labute approximate surface area is 255 Å². The van der Waals surface area contributed by atoms with E-state index in [-0.39, 0.29) is 33.7 Å². The second kappa shape index (κ2) is 13.4. The largest absolute Gasteiger partial charge is 0.350 e. The normalized spacial score (nSPS) is 12.5. The van der Waals surface area contributed by atoms with Crippen molar-refractivity contribution in [3.63, 3.8) is 0 Å². The molecule has 0 spiro atoms. The molecule has 0 saturated heterocycles. The molecule has 12 heteroatoms. The van der Waals surface area contributed by atoms with Crippen LogP contribution in [0.2, 0.25) is 15.1 Å². The van der Waals surface area contributed by atoms with Crippen molar-refractivity contribution in [2.24, 2.45) is 0 Å². The maximum absolute atomic E-state index is 14.1. The fourth-order valence-corrected chi connectivity index (χ4v) is 5.64. The van der Waals surface area contributed by atoms with E-state index in [4.69, 9.17) is 34.8 Å². The number of amides is 2. The average molecular weight is 643 g/mol. The van der Waals surface area contributed by atoms with Gasteiger partial charge < -0.3 is 10.2 Å². The summed E-state index contributed by atoms with van der Waals surface area (Å²) in [5.74, 6) is -1.59. The first kappa shape index (κ1) is 32.7. The molecule has 0 bridgehead atoms. The van der Waals surface area contributed by atoms with Gasteiger partial charge in [0.1, 0.15) is 18.4 Å². The highest BCUT2D eigenvalue weighted by Crippen LogP contribution is 2.35. The fraction of sp³-hybridized carbons (Fsp3) is 0.310. The average Bonchev–Trinajstić information content (AvgIpc) is 2.87. The smallest absolute Gasteiger partial charge is 0.244 e. The number of hydrogen-bond acceptors (Lipinski definition) is 4. The van der Waals surface area contributed by atoms with E-state index >= 15 is 0 Å². The van der Waals surface area contributed by atoms with Gasteiger partial charge in [-0.1, -0.05) is 77.3 Å². The van der Waals surface area contributed by atoms with E-state index in [1.54, 1.807) is 0 Å². The van der Waals surface area contributed by atoms with E-state index < -0.39 is 45.8 Å². The van der Waals surface area contributed by atoms with Gasteiger partial charge in [0.05, 0.1) is 27.0 Å². The molecule has 0 fully saturated rings. The third-order valence-corrected chi connectivity index (χ3v) is 8.12. The Balaban J connectivity index is 2.11. The molecule has 1 N–H and O–H groups in total. The first-order chi connectivity index (χ1) is 19.0. The molecule has 0 aromatic heterocycles. The van der Waals surface area contributed by atoms with Crippen LogP contribution in [0.15, 0.2) is 66.7 Å². The molecule has 7 nitrogen and oxygen atoms in total. The second-order valence-corrected chi connectivity index (χ2v) is 13.7. The van der Waals surface area contributed by atoms with Crippen molar-refractivity contribution in [1.29, 1.82) is 0 Å². The van der Waals surface area contributed by atoms with Gasteiger partial charge >= 0.3 is 0 Å². The molecule has 3 aromatic carbocycles. The molecule has 0 saturated carbocycles. The predicted octanol–water partition coefficient (Wildman–Crippen LogP) is 6.11. The number of nitrogens with one attached hydrogen (secondary N) is 1. The van der Waals surface area contributed by atoms with Crippen molar-refractivity contribution in [3.8, 4) is 0 Å². The van der Waals surface area contributed by atoms with Crippen molar-refractivity contribution in [3.05, 3.63) is 98.7 Å². The Kier molecular flexibility index (Phi) is 10.7. The van der Waals surface area contributed by atoms with Gasteiger partial charge in [0.15, 0.2) is 0 Å². The maximum atomic E-state index is 14.1. The first-order valence-corrected chi connectivity index (χ1v) is 15.6. The Bertz CT molecular complexity index is 1500. The maximum Gasteiger partial charge on any atom is 0.244 e. The van der Waals surface area contributed by atoms with Crippen molar-refractivity contribution >= 4 is 62.3 Å². The minimum Gasteiger partial charge on any atom is -0.350 e. The summed E-state index contributed by atoms with van der Waals surface area (Å²) in [5, 5.41) is 3.05. The summed E-state index contributed by atoms with van der Waals surface area (Å²) in [4.78, 5) is 29.1. The quantitative estimate of drug-likeness (QED) is 0.271. The topological polar surface area (TPSA) is 86.8 Å². The molecule has 0 heterocycles. The molecule has 220 valence electrons. The first-order valence-electron chi connectivity index (χ1n) is 12.6. The summed E-state index contributed by atoms with van der Waals surface area (Å²) in [6.45, 7) is 4.66. The van der Waals surface area contributed by atoms with Crippen LogP contribution in [-0.2, 0) is 32.6 Å². The number of carbonyl (C=O) groups excluding carboxylic acids is 2. The van der Waals surface area contributed by atoms with E-state index in [0.29, 0.717) is 5.56 Å². The molecular weight excluding hydrogens is 612 g/mol. The van der Waals surface area contributed by atoms with Crippen LogP contribution < -0.4 is 9.62 Å². The summed E-state index contributed by atoms with van der Waals surface area (Å²) in [6, 6.07) is 16.1. The van der Waals surface area contributed by atoms with E-state index in [1.165, 1.54) is 41.3 Å². The molecule has 3 rings (SSSR count). The lowest BCUT2D eigenvalue weighted by Crippen LogP contribution is -2.56. The van der Waals surface area contributed by atoms with E-state index in [0.717, 1.165) is 16.1 Å². The fourth-order valence-electron chi connectivity index (χ4n) is 4.09. The molecule has 0 radical (unpaired) electrons. The zero-order valence-corrected chi connectivity index (χ0v) is 26.1. The number of rotatable bonds is 10. The zero-order valence-electron chi connectivity index (χ0n) is 23.0. The lowest BCUT2D eigenvalue weighted by atomic mass is 10.0. The summed E-state index contributed by atoms with van der Waals surface area (Å²) < 4.78 is 40.3. The Morgan fingerprint density at radius 3 is 2.05 bits per heavy atom. The van der Waals surface area contributed by atoms with Crippen molar-refractivity contribution in [2.75, 3.05) is 17.1 Å². The SMILES string of the molecule is CC(C)(C)NC(=O)[C@@H](Cc1ccccc1)N(Cc1ccc(F)cc1)C(=O)CN(c1cc(Cl)c(Cl)cc1Cl)S(C)(=O)=O. The number of nitrogens with zero attached hydrogens (tertiary/aromatic N) is 2. The molecule has 3 aromatic rings. The van der Waals surface area contributed by atoms with Crippen LogP contribution in [0.25, 0.3) is 0 Å². The molecule has 0 aliphatic heterocycles. The third kappa shape index (κ3) is 9.33. The summed E-state index contributed by atoms with van der Waals surface area (Å²) in [5.41, 5.74) is 0.659. The van der Waals surface area contributed by atoms with Crippen molar-refractivity contribution in [1.82, 2.24) is 10.2 Å². The highest BCUT2D eigenvalue weighted by atomic mass is 35.5. The van der Waals surface area contributed by atoms with Gasteiger partial charge in [0.25, 0.3) is 0 Å². The lowest BCUT2D eigenvalue weighted by Gasteiger charge is -2.35. The molecule has 0 aliphatic rings. The highest BCUT2D eigenvalue weighted by Gasteiger charge is 2.35. The summed E-state index contributed by atoms with van der Waals surface area (Å²) >= 11 is 18.5. The standard InChI is InChI=1S/C29H31Cl3FN3O4S/c1-29(2,3)34-28(38)26(14-19-8-6-5-7-9-19)35(17-20-10-12-21(33)13-11-20)27(37)18-36(41(4,39)40)25-16-23(31)22(30)15-24(25)32/h5-13,15-16,26H,14,17-18H2,1-4H3,(H,34,38)/t26-/m1/s1. The molecule has 1 atom stereocenters. The number of anilines is 1. The van der Waals surface area contributed by atoms with Gasteiger partial charge in [-0.3, -0.25) is 13.9 Å². The molecular formula is C29H31Cl3FN3O4S. The number of hydrogen-bond donors (Lipinski definition) is 1. The zero-order chi connectivity index (χ0) is 30.5. The minimum absolute atomic E-state index is 0.0333. The second-order valence-electron chi connectivity index (χ2n) is 10.6. The number of sulfonamides is 1. The van der Waals surface area contributed by atoms with Crippen molar-refractivity contribution in [2.45, 2.75) is 45.3 Å². The van der Waals surface area contributed by atoms with Gasteiger partial charge in [0, 0.05) is 18.5 Å². The van der Waals surface area contributed by atoms with Crippen LogP contribution in [0.5, 0.6) is 0 Å². The molecule has 41 heavy (non-hydrogen) atoms. The van der Waals surface area contributed by atoms with Crippen LogP contribution in [0.3, 0.4) is 0 Å². The van der Waals surface area contributed by atoms with Gasteiger partial charge in [-0.15, -0.1) is 0 Å². The van der Waals surface area contributed by atoms with E-state index in [9.17, 15) is 22.4 Å². The highest BCUT2D eigenvalue weighted by molar-refractivity contribution is 7.92. The van der Waals surface area contributed by atoms with Crippen LogP contribution in [0.1, 0.15) is 31.9 Å². The van der Waals surface area contributed by atoms with Gasteiger partial charge in [-0.25, -0.2) is 12.8 Å². The van der Waals surface area contributed by atoms with Crippen LogP contribution in [-0.4, -0.2) is 49.5 Å². The summed E-state index contributed by atoms with van der Waals surface area (Å²) in [7, 11) is -4.06. The van der Waals surface area contributed by atoms with E-state index in [1.807, 2.05) is 51.1 Å². The van der Waals surface area contributed by atoms with Crippen LogP contribution in [0, 0.1) is 5.82 Å². The lowest BCUT2D eigenvalue weighted by molar-refractivity contribution is -0.140. The Hall–Kier alpha value is -2.85. The molecule has 0 unspecified atom stereocenters. The Morgan fingerprint density at radius 1 is 0.902 bits per heavy atom. The van der Waals surface area contributed by atoms with Gasteiger partial charge in [-0.05, 0) is 56.2 Å². The van der Waals surface area contributed by atoms with Gasteiger partial charge in [0.2, 0.25) is 21.8 Å². The van der Waals surface area contributed by atoms with Crippen molar-refractivity contribution < 1.29 is 22.4 Å². The summed E-state index contributed by atoms with van der Waals surface area (Å²) in [6.07, 6.45) is 1.07. The number of carbonyl (C=O) groups is 2. The number of benzene rings is 3. The predicted molar refractivity (Wildman–Crippen MR) is 162 cm³/mol. The van der Waals surface area contributed by atoms with Crippen LogP contribution >= 0.6 is 34.8 Å². The monoisotopic (exact) mass is 641 g/mol. The van der Waals surface area contributed by atoms with Crippen LogP contribution in [0.4, 0.5) is 10.1 Å². The minimum atomic E-state index is -4.06. The molecule has 0 aliphatic carbocycles. The third-order valence-electron chi connectivity index (χ3n) is 5.97. The van der Waals surface area contributed by atoms with E-state index in [2.05, 4.69) is 5.32 Å².